The number of hydrogen-bond acceptors (Lipinski definition) is 4. The maximum atomic E-state index is 12.2. The number of anilines is 1. The highest BCUT2D eigenvalue weighted by Crippen LogP contribution is 2.27. The molecule has 1 aliphatic heterocycles. The van der Waals surface area contributed by atoms with Crippen LogP contribution in [0, 0.1) is 13.8 Å². The van der Waals surface area contributed by atoms with Crippen LogP contribution in [0.5, 0.6) is 0 Å². The maximum absolute atomic E-state index is 12.2. The fraction of sp³-hybridized carbons (Fsp3) is 0.533. The molecule has 0 saturated carbocycles. The molecule has 1 aromatic carbocycles. The molecule has 7 heteroatoms. The number of nitrogens with one attached hydrogen (secondary N) is 1. The highest BCUT2D eigenvalue weighted by Gasteiger charge is 2.21. The minimum atomic E-state index is -0.0680. The fourth-order valence-electron chi connectivity index (χ4n) is 2.52. The molecule has 1 fully saturated rings. The molecule has 0 spiro atoms. The van der Waals surface area contributed by atoms with Gasteiger partial charge in [0, 0.05) is 19.6 Å². The molecule has 124 valence electrons. The number of carbonyl (C=O) groups excluding carboxylic acids is 1. The summed E-state index contributed by atoms with van der Waals surface area (Å²) < 4.78 is 5.49. The lowest BCUT2D eigenvalue weighted by molar-refractivity contribution is -0.119. The van der Waals surface area contributed by atoms with Crippen molar-refractivity contribution in [2.45, 2.75) is 20.0 Å². The molecule has 1 aromatic rings. The maximum Gasteiger partial charge on any atom is 0.238 e. The minimum Gasteiger partial charge on any atom is -0.374 e. The Morgan fingerprint density at radius 2 is 2.23 bits per heavy atom. The molecule has 1 heterocycles. The molecular weight excluding hydrogens is 325 g/mol. The van der Waals surface area contributed by atoms with E-state index in [1.165, 1.54) is 0 Å². The van der Waals surface area contributed by atoms with Gasteiger partial charge in [-0.3, -0.25) is 9.69 Å². The van der Waals surface area contributed by atoms with Crippen molar-refractivity contribution in [1.82, 2.24) is 4.90 Å². The first-order valence-corrected chi connectivity index (χ1v) is 7.48. The van der Waals surface area contributed by atoms with Crippen LogP contribution in [0.2, 0.25) is 5.02 Å². The van der Waals surface area contributed by atoms with Crippen LogP contribution >= 0.6 is 24.0 Å². The predicted octanol–water partition coefficient (Wildman–Crippen LogP) is 1.98. The number of nitrogens with zero attached hydrogens (tertiary/aromatic N) is 1. The highest BCUT2D eigenvalue weighted by atomic mass is 35.5. The fourth-order valence-corrected chi connectivity index (χ4v) is 2.89. The van der Waals surface area contributed by atoms with Crippen molar-refractivity contribution in [3.8, 4) is 0 Å². The first-order valence-electron chi connectivity index (χ1n) is 7.10. The van der Waals surface area contributed by atoms with Crippen LogP contribution in [0.4, 0.5) is 5.69 Å². The van der Waals surface area contributed by atoms with Crippen molar-refractivity contribution in [1.29, 1.82) is 0 Å². The molecule has 1 saturated heterocycles. The average molecular weight is 348 g/mol. The number of benzene rings is 1. The van der Waals surface area contributed by atoms with Crippen LogP contribution < -0.4 is 11.1 Å². The third-order valence-electron chi connectivity index (χ3n) is 3.55. The lowest BCUT2D eigenvalue weighted by atomic mass is 10.1. The molecule has 0 radical (unpaired) electrons. The van der Waals surface area contributed by atoms with Crippen molar-refractivity contribution in [2.75, 3.05) is 38.1 Å². The quantitative estimate of drug-likeness (QED) is 0.873. The van der Waals surface area contributed by atoms with Crippen LogP contribution in [-0.2, 0) is 9.53 Å². The number of carbonyl (C=O) groups is 1. The molecule has 1 atom stereocenters. The monoisotopic (exact) mass is 347 g/mol. The van der Waals surface area contributed by atoms with E-state index in [1.807, 2.05) is 30.9 Å². The van der Waals surface area contributed by atoms with Crippen molar-refractivity contribution >= 4 is 35.6 Å². The Labute approximate surface area is 142 Å². The summed E-state index contributed by atoms with van der Waals surface area (Å²) in [4.78, 5) is 14.2. The van der Waals surface area contributed by atoms with E-state index >= 15 is 0 Å². The Bertz CT molecular complexity index is 503. The van der Waals surface area contributed by atoms with Gasteiger partial charge < -0.3 is 15.8 Å². The van der Waals surface area contributed by atoms with Gasteiger partial charge in [0.25, 0.3) is 0 Å². The highest BCUT2D eigenvalue weighted by molar-refractivity contribution is 6.34. The van der Waals surface area contributed by atoms with Gasteiger partial charge in [-0.15, -0.1) is 12.4 Å². The van der Waals surface area contributed by atoms with Crippen molar-refractivity contribution in [3.05, 3.63) is 28.3 Å². The Morgan fingerprint density at radius 1 is 1.50 bits per heavy atom. The standard InChI is InChI=1S/C15H22ClN3O2.ClH/c1-10-5-11(2)15(13(16)6-10)18-14(20)9-19-3-4-21-12(7-17)8-19;/h5-6,12H,3-4,7-9,17H2,1-2H3,(H,18,20);1H. The summed E-state index contributed by atoms with van der Waals surface area (Å²) in [6, 6.07) is 3.85. The Morgan fingerprint density at radius 3 is 2.86 bits per heavy atom. The van der Waals surface area contributed by atoms with E-state index in [0.29, 0.717) is 37.0 Å². The van der Waals surface area contributed by atoms with E-state index in [0.717, 1.165) is 17.7 Å². The van der Waals surface area contributed by atoms with Crippen LogP contribution in [0.3, 0.4) is 0 Å². The van der Waals surface area contributed by atoms with Crippen LogP contribution in [0.25, 0.3) is 0 Å². The number of hydrogen-bond donors (Lipinski definition) is 2. The van der Waals surface area contributed by atoms with E-state index < -0.39 is 0 Å². The lowest BCUT2D eigenvalue weighted by Gasteiger charge is -2.31. The molecule has 1 aliphatic rings. The number of amides is 1. The zero-order chi connectivity index (χ0) is 15.4. The summed E-state index contributed by atoms with van der Waals surface area (Å²) in [5.74, 6) is -0.0680. The van der Waals surface area contributed by atoms with E-state index in [9.17, 15) is 4.79 Å². The number of ether oxygens (including phenoxy) is 1. The van der Waals surface area contributed by atoms with Gasteiger partial charge in [0.05, 0.1) is 30.0 Å². The van der Waals surface area contributed by atoms with Gasteiger partial charge in [-0.1, -0.05) is 17.7 Å². The molecule has 5 nitrogen and oxygen atoms in total. The summed E-state index contributed by atoms with van der Waals surface area (Å²) in [6.45, 7) is 6.75. The van der Waals surface area contributed by atoms with Crippen LogP contribution in [0.15, 0.2) is 12.1 Å². The summed E-state index contributed by atoms with van der Waals surface area (Å²) in [6.07, 6.45) is 0.0104. The lowest BCUT2D eigenvalue weighted by Crippen LogP contribution is -2.48. The van der Waals surface area contributed by atoms with E-state index in [2.05, 4.69) is 5.32 Å². The first kappa shape index (κ1) is 19.2. The second kappa shape index (κ2) is 8.70. The molecule has 3 N–H and O–H groups in total. The molecule has 1 amide bonds. The second-order valence-electron chi connectivity index (χ2n) is 5.45. The Kier molecular flexibility index (Phi) is 7.59. The van der Waals surface area contributed by atoms with Gasteiger partial charge in [0.15, 0.2) is 0 Å². The van der Waals surface area contributed by atoms with Crippen LogP contribution in [-0.4, -0.2) is 49.7 Å². The van der Waals surface area contributed by atoms with Crippen LogP contribution in [0.1, 0.15) is 11.1 Å². The summed E-state index contributed by atoms with van der Waals surface area (Å²) >= 11 is 6.20. The van der Waals surface area contributed by atoms with Gasteiger partial charge in [0.1, 0.15) is 0 Å². The summed E-state index contributed by atoms with van der Waals surface area (Å²) in [5, 5.41) is 3.47. The molecular formula is C15H23Cl2N3O2. The number of halogens is 2. The van der Waals surface area contributed by atoms with E-state index in [1.54, 1.807) is 0 Å². The topological polar surface area (TPSA) is 67.6 Å². The van der Waals surface area contributed by atoms with Gasteiger partial charge >= 0.3 is 0 Å². The SMILES string of the molecule is Cc1cc(C)c(NC(=O)CN2CCOC(CN)C2)c(Cl)c1.Cl. The van der Waals surface area contributed by atoms with Crippen molar-refractivity contribution in [3.63, 3.8) is 0 Å². The summed E-state index contributed by atoms with van der Waals surface area (Å²) in [5.41, 5.74) is 8.34. The molecule has 2 rings (SSSR count). The van der Waals surface area contributed by atoms with E-state index in [-0.39, 0.29) is 24.4 Å². The Balaban J connectivity index is 0.00000242. The van der Waals surface area contributed by atoms with Gasteiger partial charge in [-0.2, -0.15) is 0 Å². The average Bonchev–Trinajstić information content (AvgIpc) is 2.43. The number of rotatable bonds is 4. The first-order chi connectivity index (χ1) is 9.99. The third kappa shape index (κ3) is 5.11. The van der Waals surface area contributed by atoms with Gasteiger partial charge in [0.2, 0.25) is 5.91 Å². The zero-order valence-corrected chi connectivity index (χ0v) is 14.5. The zero-order valence-electron chi connectivity index (χ0n) is 12.9. The Hall–Kier alpha value is -0.850. The van der Waals surface area contributed by atoms with Crippen molar-refractivity contribution < 1.29 is 9.53 Å². The molecule has 22 heavy (non-hydrogen) atoms. The molecule has 1 unspecified atom stereocenters. The summed E-state index contributed by atoms with van der Waals surface area (Å²) in [7, 11) is 0. The smallest absolute Gasteiger partial charge is 0.238 e. The molecule has 0 aromatic heterocycles. The minimum absolute atomic E-state index is 0. The van der Waals surface area contributed by atoms with E-state index in [4.69, 9.17) is 22.1 Å². The molecule has 0 aliphatic carbocycles. The number of nitrogens with two attached hydrogens (primary N) is 1. The van der Waals surface area contributed by atoms with Crippen molar-refractivity contribution in [2.24, 2.45) is 5.73 Å². The molecule has 0 bridgehead atoms. The second-order valence-corrected chi connectivity index (χ2v) is 5.86. The van der Waals surface area contributed by atoms with Gasteiger partial charge in [-0.05, 0) is 31.0 Å². The number of aryl methyl sites for hydroxylation is 2. The largest absolute Gasteiger partial charge is 0.374 e. The third-order valence-corrected chi connectivity index (χ3v) is 3.85. The van der Waals surface area contributed by atoms with Gasteiger partial charge in [-0.25, -0.2) is 0 Å². The normalized spacial score (nSPS) is 18.6. The number of morpholine rings is 1. The predicted molar refractivity (Wildman–Crippen MR) is 92.0 cm³/mol.